The highest BCUT2D eigenvalue weighted by Crippen LogP contribution is 2.24. The lowest BCUT2D eigenvalue weighted by atomic mass is 10.2. The molecule has 10 heteroatoms. The summed E-state index contributed by atoms with van der Waals surface area (Å²) in [6.07, 6.45) is 1.44. The Hall–Kier alpha value is -3.79. The Morgan fingerprint density at radius 2 is 1.77 bits per heavy atom. The molecule has 0 bridgehead atoms. The summed E-state index contributed by atoms with van der Waals surface area (Å²) in [7, 11) is 0. The topological polar surface area (TPSA) is 115 Å². The number of hydrogen-bond acceptors (Lipinski definition) is 7. The van der Waals surface area contributed by atoms with E-state index in [1.807, 2.05) is 31.2 Å². The SMILES string of the molecule is CC(=O)Nc1cccc(NC(=O)CSc2ncnc3c2nnn3-c2ccc(C)cc2)c1. The van der Waals surface area contributed by atoms with Gasteiger partial charge in [-0.05, 0) is 37.3 Å². The lowest BCUT2D eigenvalue weighted by molar-refractivity contribution is -0.114. The van der Waals surface area contributed by atoms with E-state index >= 15 is 0 Å². The number of rotatable bonds is 6. The molecule has 4 aromatic rings. The van der Waals surface area contributed by atoms with Gasteiger partial charge >= 0.3 is 0 Å². The van der Waals surface area contributed by atoms with Crippen molar-refractivity contribution in [3.8, 4) is 5.69 Å². The van der Waals surface area contributed by atoms with E-state index in [9.17, 15) is 9.59 Å². The molecule has 2 heterocycles. The van der Waals surface area contributed by atoms with Gasteiger partial charge in [0.05, 0.1) is 11.4 Å². The lowest BCUT2D eigenvalue weighted by Crippen LogP contribution is -2.14. The van der Waals surface area contributed by atoms with Gasteiger partial charge in [0.25, 0.3) is 0 Å². The second-order valence-corrected chi connectivity index (χ2v) is 7.75. The van der Waals surface area contributed by atoms with Crippen molar-refractivity contribution in [3.63, 3.8) is 0 Å². The maximum absolute atomic E-state index is 12.4. The van der Waals surface area contributed by atoms with Gasteiger partial charge in [0.2, 0.25) is 11.8 Å². The summed E-state index contributed by atoms with van der Waals surface area (Å²) in [6.45, 7) is 3.45. The molecule has 2 N–H and O–H groups in total. The first-order chi connectivity index (χ1) is 15.0. The van der Waals surface area contributed by atoms with Crippen LogP contribution in [0.2, 0.25) is 0 Å². The minimum Gasteiger partial charge on any atom is -0.326 e. The van der Waals surface area contributed by atoms with Gasteiger partial charge in [0, 0.05) is 18.3 Å². The molecule has 0 spiro atoms. The molecule has 0 fully saturated rings. The number of nitrogens with zero attached hydrogens (tertiary/aromatic N) is 5. The Balaban J connectivity index is 1.46. The summed E-state index contributed by atoms with van der Waals surface area (Å²) in [5, 5.41) is 14.5. The van der Waals surface area contributed by atoms with Crippen molar-refractivity contribution in [2.45, 2.75) is 18.9 Å². The Bertz CT molecular complexity index is 1250. The first-order valence-corrected chi connectivity index (χ1v) is 10.4. The van der Waals surface area contributed by atoms with Gasteiger partial charge in [-0.1, -0.05) is 40.7 Å². The van der Waals surface area contributed by atoms with Crippen LogP contribution in [0.3, 0.4) is 0 Å². The monoisotopic (exact) mass is 433 g/mol. The van der Waals surface area contributed by atoms with Gasteiger partial charge in [-0.25, -0.2) is 9.97 Å². The van der Waals surface area contributed by atoms with Gasteiger partial charge < -0.3 is 10.6 Å². The quantitative estimate of drug-likeness (QED) is 0.354. The fraction of sp³-hybridized carbons (Fsp3) is 0.143. The van der Waals surface area contributed by atoms with Gasteiger partial charge in [-0.3, -0.25) is 9.59 Å². The molecular formula is C21H19N7O2S. The highest BCUT2D eigenvalue weighted by molar-refractivity contribution is 8.00. The molecule has 0 saturated carbocycles. The zero-order chi connectivity index (χ0) is 21.8. The molecule has 0 aliphatic carbocycles. The molecular weight excluding hydrogens is 414 g/mol. The van der Waals surface area contributed by atoms with Crippen molar-refractivity contribution in [1.82, 2.24) is 25.0 Å². The third kappa shape index (κ3) is 4.86. The zero-order valence-corrected chi connectivity index (χ0v) is 17.7. The van der Waals surface area contributed by atoms with Crippen molar-refractivity contribution < 1.29 is 9.59 Å². The number of thioether (sulfide) groups is 1. The summed E-state index contributed by atoms with van der Waals surface area (Å²) in [5.41, 5.74) is 4.31. The second-order valence-electron chi connectivity index (χ2n) is 6.79. The van der Waals surface area contributed by atoms with Crippen LogP contribution in [0.15, 0.2) is 59.9 Å². The van der Waals surface area contributed by atoms with Gasteiger partial charge in [0.15, 0.2) is 11.2 Å². The molecule has 0 atom stereocenters. The summed E-state index contributed by atoms with van der Waals surface area (Å²) in [6, 6.07) is 14.8. The maximum atomic E-state index is 12.4. The first-order valence-electron chi connectivity index (χ1n) is 9.43. The van der Waals surface area contributed by atoms with E-state index < -0.39 is 0 Å². The number of aryl methyl sites for hydroxylation is 1. The maximum Gasteiger partial charge on any atom is 0.234 e. The van der Waals surface area contributed by atoms with Crippen LogP contribution in [0.25, 0.3) is 16.9 Å². The van der Waals surface area contributed by atoms with Crippen LogP contribution in [-0.2, 0) is 9.59 Å². The smallest absolute Gasteiger partial charge is 0.234 e. The molecule has 2 aromatic carbocycles. The summed E-state index contributed by atoms with van der Waals surface area (Å²) < 4.78 is 1.65. The van der Waals surface area contributed by atoms with E-state index in [0.717, 1.165) is 11.3 Å². The first kappa shape index (κ1) is 20.5. The number of anilines is 2. The van der Waals surface area contributed by atoms with Crippen molar-refractivity contribution in [2.75, 3.05) is 16.4 Å². The lowest BCUT2D eigenvalue weighted by Gasteiger charge is -2.08. The standard InChI is InChI=1S/C21H19N7O2S/c1-13-6-8-17(9-7-13)28-20-19(26-27-28)21(23-12-22-20)31-11-18(30)25-16-5-3-4-15(10-16)24-14(2)29/h3-10,12H,11H2,1-2H3,(H,24,29)(H,25,30). The number of nitrogens with one attached hydrogen (secondary N) is 2. The van der Waals surface area contributed by atoms with Crippen LogP contribution in [0, 0.1) is 6.92 Å². The van der Waals surface area contributed by atoms with Gasteiger partial charge in [-0.2, -0.15) is 4.68 Å². The average molecular weight is 433 g/mol. The molecule has 0 radical (unpaired) electrons. The number of benzene rings is 2. The Labute approximate surface area is 182 Å². The summed E-state index contributed by atoms with van der Waals surface area (Å²) in [4.78, 5) is 32.2. The van der Waals surface area contributed by atoms with Crippen LogP contribution >= 0.6 is 11.8 Å². The normalized spacial score (nSPS) is 10.8. The molecule has 0 aliphatic heterocycles. The number of aromatic nitrogens is 5. The molecule has 0 saturated heterocycles. The molecule has 2 amide bonds. The summed E-state index contributed by atoms with van der Waals surface area (Å²) >= 11 is 1.25. The molecule has 0 aliphatic rings. The zero-order valence-electron chi connectivity index (χ0n) is 16.9. The average Bonchev–Trinajstić information content (AvgIpc) is 3.17. The van der Waals surface area contributed by atoms with Crippen molar-refractivity contribution in [1.29, 1.82) is 0 Å². The van der Waals surface area contributed by atoms with Crippen molar-refractivity contribution in [3.05, 3.63) is 60.4 Å². The van der Waals surface area contributed by atoms with Crippen molar-refractivity contribution in [2.24, 2.45) is 0 Å². The number of carbonyl (C=O) groups is 2. The minimum atomic E-state index is -0.206. The van der Waals surface area contributed by atoms with E-state index in [0.29, 0.717) is 27.6 Å². The molecule has 9 nitrogen and oxygen atoms in total. The Morgan fingerprint density at radius 1 is 1.03 bits per heavy atom. The summed E-state index contributed by atoms with van der Waals surface area (Å²) in [5.74, 6) is -0.249. The minimum absolute atomic E-state index is 0.133. The fourth-order valence-electron chi connectivity index (χ4n) is 2.90. The van der Waals surface area contributed by atoms with Crippen LogP contribution in [-0.4, -0.2) is 42.5 Å². The van der Waals surface area contributed by atoms with E-state index in [1.165, 1.54) is 25.0 Å². The van der Waals surface area contributed by atoms with Crippen LogP contribution in [0.5, 0.6) is 0 Å². The predicted molar refractivity (Wildman–Crippen MR) is 119 cm³/mol. The van der Waals surface area contributed by atoms with Crippen molar-refractivity contribution >= 4 is 46.1 Å². The third-order valence-electron chi connectivity index (χ3n) is 4.29. The molecule has 156 valence electrons. The van der Waals surface area contributed by atoms with E-state index in [1.54, 1.807) is 28.9 Å². The number of carbonyl (C=O) groups excluding carboxylic acids is 2. The molecule has 0 unspecified atom stereocenters. The molecule has 4 rings (SSSR count). The fourth-order valence-corrected chi connectivity index (χ4v) is 3.63. The number of amides is 2. The molecule has 2 aromatic heterocycles. The van der Waals surface area contributed by atoms with Gasteiger partial charge in [-0.15, -0.1) is 5.10 Å². The van der Waals surface area contributed by atoms with E-state index in [2.05, 4.69) is 30.9 Å². The van der Waals surface area contributed by atoms with E-state index in [4.69, 9.17) is 0 Å². The van der Waals surface area contributed by atoms with Crippen LogP contribution in [0.4, 0.5) is 11.4 Å². The second kappa shape index (κ2) is 8.92. The Kier molecular flexibility index (Phi) is 5.89. The van der Waals surface area contributed by atoms with Gasteiger partial charge in [0.1, 0.15) is 11.4 Å². The highest BCUT2D eigenvalue weighted by atomic mass is 32.2. The largest absolute Gasteiger partial charge is 0.326 e. The third-order valence-corrected chi connectivity index (χ3v) is 5.27. The molecule has 31 heavy (non-hydrogen) atoms. The number of fused-ring (bicyclic) bond motifs is 1. The number of hydrogen-bond donors (Lipinski definition) is 2. The van der Waals surface area contributed by atoms with Crippen LogP contribution < -0.4 is 10.6 Å². The highest BCUT2D eigenvalue weighted by Gasteiger charge is 2.15. The van der Waals surface area contributed by atoms with E-state index in [-0.39, 0.29) is 17.6 Å². The Morgan fingerprint density at radius 3 is 2.52 bits per heavy atom. The van der Waals surface area contributed by atoms with Crippen LogP contribution in [0.1, 0.15) is 12.5 Å². The predicted octanol–water partition coefficient (Wildman–Crippen LogP) is 3.21.